The summed E-state index contributed by atoms with van der Waals surface area (Å²) < 4.78 is 35.3. The second-order valence-electron chi connectivity index (χ2n) is 6.36. The lowest BCUT2D eigenvalue weighted by Gasteiger charge is -2.15. The Balaban J connectivity index is 2.05. The third-order valence-corrected chi connectivity index (χ3v) is 6.34. The highest BCUT2D eigenvalue weighted by Crippen LogP contribution is 2.45. The van der Waals surface area contributed by atoms with E-state index in [1.54, 1.807) is 42.5 Å². The van der Waals surface area contributed by atoms with Crippen molar-refractivity contribution in [1.82, 2.24) is 0 Å². The van der Waals surface area contributed by atoms with Gasteiger partial charge in [0, 0.05) is 15.6 Å². The normalized spacial score (nSPS) is 13.0. The fourth-order valence-corrected chi connectivity index (χ4v) is 4.38. The maximum Gasteiger partial charge on any atom is 0.238 e. The Bertz CT molecular complexity index is 1190. The van der Waals surface area contributed by atoms with E-state index < -0.39 is 10.0 Å². The standard InChI is InChI=1S/C20H15Cl2NO4S/c1-11-16(21)6-12(7-17(11)22)14-8-18-19(27-10-26-18)9-15(14)13-4-2-3-5-20(13)28(23,24)25/h2-9H,10H2,1H3,(H2,23,24,25). The molecule has 0 saturated heterocycles. The number of sulfonamides is 1. The summed E-state index contributed by atoms with van der Waals surface area (Å²) in [6.45, 7) is 1.91. The van der Waals surface area contributed by atoms with Crippen molar-refractivity contribution in [3.63, 3.8) is 0 Å². The molecule has 1 heterocycles. The lowest BCUT2D eigenvalue weighted by atomic mass is 9.93. The van der Waals surface area contributed by atoms with Gasteiger partial charge in [-0.2, -0.15) is 0 Å². The lowest BCUT2D eigenvalue weighted by molar-refractivity contribution is 0.174. The summed E-state index contributed by atoms with van der Waals surface area (Å²) in [5, 5.41) is 6.45. The van der Waals surface area contributed by atoms with Crippen LogP contribution >= 0.6 is 23.2 Å². The fourth-order valence-electron chi connectivity index (χ4n) is 3.14. The number of hydrogen-bond acceptors (Lipinski definition) is 4. The molecular formula is C20H15Cl2NO4S. The van der Waals surface area contributed by atoms with Crippen molar-refractivity contribution in [1.29, 1.82) is 0 Å². The number of halogens is 2. The molecule has 4 rings (SSSR count). The Morgan fingerprint density at radius 1 is 0.893 bits per heavy atom. The van der Waals surface area contributed by atoms with Gasteiger partial charge in [-0.25, -0.2) is 13.6 Å². The maximum absolute atomic E-state index is 12.1. The average Bonchev–Trinajstić information content (AvgIpc) is 3.11. The quantitative estimate of drug-likeness (QED) is 0.626. The summed E-state index contributed by atoms with van der Waals surface area (Å²) in [6, 6.07) is 13.6. The Morgan fingerprint density at radius 3 is 2.07 bits per heavy atom. The number of rotatable bonds is 3. The highest BCUT2D eigenvalue weighted by Gasteiger charge is 2.23. The van der Waals surface area contributed by atoms with E-state index in [-0.39, 0.29) is 11.7 Å². The van der Waals surface area contributed by atoms with Gasteiger partial charge in [-0.05, 0) is 59.5 Å². The highest BCUT2D eigenvalue weighted by molar-refractivity contribution is 7.89. The summed E-state index contributed by atoms with van der Waals surface area (Å²) in [7, 11) is -3.94. The predicted octanol–water partition coefficient (Wildman–Crippen LogP) is 5.01. The Kier molecular flexibility index (Phi) is 4.75. The average molecular weight is 436 g/mol. The second kappa shape index (κ2) is 6.97. The van der Waals surface area contributed by atoms with Gasteiger partial charge in [0.05, 0.1) is 4.90 Å². The van der Waals surface area contributed by atoms with Crippen molar-refractivity contribution in [2.45, 2.75) is 11.8 Å². The zero-order chi connectivity index (χ0) is 20.1. The van der Waals surface area contributed by atoms with Crippen molar-refractivity contribution in [3.05, 3.63) is 64.1 Å². The van der Waals surface area contributed by atoms with Gasteiger partial charge in [0.25, 0.3) is 0 Å². The maximum atomic E-state index is 12.1. The molecular weight excluding hydrogens is 421 g/mol. The molecule has 1 aliphatic rings. The monoisotopic (exact) mass is 435 g/mol. The van der Waals surface area contributed by atoms with Crippen molar-refractivity contribution < 1.29 is 17.9 Å². The van der Waals surface area contributed by atoms with E-state index in [0.717, 1.165) is 11.1 Å². The van der Waals surface area contributed by atoms with Gasteiger partial charge in [-0.15, -0.1) is 0 Å². The van der Waals surface area contributed by atoms with Gasteiger partial charge < -0.3 is 9.47 Å². The molecule has 0 aliphatic carbocycles. The molecule has 3 aromatic rings. The molecule has 0 saturated carbocycles. The molecule has 1 aliphatic heterocycles. The SMILES string of the molecule is Cc1c(Cl)cc(-c2cc3c(cc2-c2ccccc2S(N)(=O)=O)OCO3)cc1Cl. The van der Waals surface area contributed by atoms with Gasteiger partial charge in [-0.3, -0.25) is 0 Å². The van der Waals surface area contributed by atoms with E-state index in [0.29, 0.717) is 38.2 Å². The van der Waals surface area contributed by atoms with Gasteiger partial charge in [0.2, 0.25) is 16.8 Å². The van der Waals surface area contributed by atoms with E-state index in [2.05, 4.69) is 0 Å². The number of hydrogen-bond donors (Lipinski definition) is 1. The van der Waals surface area contributed by atoms with E-state index in [9.17, 15) is 8.42 Å². The molecule has 0 amide bonds. The van der Waals surface area contributed by atoms with Crippen molar-refractivity contribution in [3.8, 4) is 33.8 Å². The van der Waals surface area contributed by atoms with Crippen molar-refractivity contribution in [2.24, 2.45) is 5.14 Å². The molecule has 0 radical (unpaired) electrons. The number of nitrogens with two attached hydrogens (primary N) is 1. The van der Waals surface area contributed by atoms with E-state index in [1.807, 2.05) is 6.92 Å². The van der Waals surface area contributed by atoms with Crippen LogP contribution in [0.25, 0.3) is 22.3 Å². The van der Waals surface area contributed by atoms with Gasteiger partial charge in [-0.1, -0.05) is 41.4 Å². The van der Waals surface area contributed by atoms with Crippen LogP contribution in [-0.4, -0.2) is 15.2 Å². The molecule has 28 heavy (non-hydrogen) atoms. The Morgan fingerprint density at radius 2 is 1.46 bits per heavy atom. The Labute approximate surface area is 172 Å². The molecule has 3 aromatic carbocycles. The van der Waals surface area contributed by atoms with Crippen molar-refractivity contribution in [2.75, 3.05) is 6.79 Å². The summed E-state index contributed by atoms with van der Waals surface area (Å²) in [6.07, 6.45) is 0. The summed E-state index contributed by atoms with van der Waals surface area (Å²) in [5.74, 6) is 1.08. The minimum atomic E-state index is -3.94. The second-order valence-corrected chi connectivity index (χ2v) is 8.70. The van der Waals surface area contributed by atoms with Crippen LogP contribution < -0.4 is 14.6 Å². The van der Waals surface area contributed by atoms with Crippen LogP contribution in [0.15, 0.2) is 53.4 Å². The van der Waals surface area contributed by atoms with E-state index in [1.165, 1.54) is 6.07 Å². The molecule has 144 valence electrons. The molecule has 0 bridgehead atoms. The van der Waals surface area contributed by atoms with Crippen LogP contribution in [0.2, 0.25) is 10.0 Å². The van der Waals surface area contributed by atoms with E-state index in [4.69, 9.17) is 37.8 Å². The first-order valence-corrected chi connectivity index (χ1v) is 10.6. The van der Waals surface area contributed by atoms with Crippen LogP contribution in [0, 0.1) is 6.92 Å². The summed E-state index contributed by atoms with van der Waals surface area (Å²) >= 11 is 12.7. The van der Waals surface area contributed by atoms with Crippen molar-refractivity contribution >= 4 is 33.2 Å². The minimum Gasteiger partial charge on any atom is -0.454 e. The first-order chi connectivity index (χ1) is 13.3. The zero-order valence-corrected chi connectivity index (χ0v) is 17.0. The van der Waals surface area contributed by atoms with E-state index >= 15 is 0 Å². The fraction of sp³-hybridized carbons (Fsp3) is 0.100. The van der Waals surface area contributed by atoms with Crippen LogP contribution in [0.4, 0.5) is 0 Å². The molecule has 0 unspecified atom stereocenters. The number of benzene rings is 3. The molecule has 0 spiro atoms. The van der Waals surface area contributed by atoms with Gasteiger partial charge in [0.1, 0.15) is 0 Å². The number of ether oxygens (including phenoxy) is 2. The molecule has 2 N–H and O–H groups in total. The van der Waals surface area contributed by atoms with Crippen LogP contribution in [0.1, 0.15) is 5.56 Å². The smallest absolute Gasteiger partial charge is 0.238 e. The zero-order valence-electron chi connectivity index (χ0n) is 14.7. The third-order valence-electron chi connectivity index (χ3n) is 4.59. The van der Waals surface area contributed by atoms with Crippen LogP contribution in [0.5, 0.6) is 11.5 Å². The molecule has 0 aromatic heterocycles. The van der Waals surface area contributed by atoms with Crippen LogP contribution in [-0.2, 0) is 10.0 Å². The number of fused-ring (bicyclic) bond motifs is 1. The predicted molar refractivity (Wildman–Crippen MR) is 110 cm³/mol. The Hall–Kier alpha value is -2.25. The summed E-state index contributed by atoms with van der Waals surface area (Å²) in [5.41, 5.74) is 3.25. The molecule has 0 fully saturated rings. The number of primary sulfonamides is 1. The molecule has 8 heteroatoms. The van der Waals surface area contributed by atoms with Gasteiger partial charge in [0.15, 0.2) is 11.5 Å². The largest absolute Gasteiger partial charge is 0.454 e. The van der Waals surface area contributed by atoms with Gasteiger partial charge >= 0.3 is 0 Å². The lowest BCUT2D eigenvalue weighted by Crippen LogP contribution is -2.13. The third kappa shape index (κ3) is 3.33. The molecule has 5 nitrogen and oxygen atoms in total. The first kappa shape index (κ1) is 19.1. The summed E-state index contributed by atoms with van der Waals surface area (Å²) in [4.78, 5) is 0.0134. The van der Waals surface area contributed by atoms with Crippen LogP contribution in [0.3, 0.4) is 0 Å². The molecule has 0 atom stereocenters. The topological polar surface area (TPSA) is 78.6 Å². The highest BCUT2D eigenvalue weighted by atomic mass is 35.5. The minimum absolute atomic E-state index is 0.0134. The first-order valence-electron chi connectivity index (χ1n) is 8.27.